The van der Waals surface area contributed by atoms with Gasteiger partial charge in [0.1, 0.15) is 0 Å². The van der Waals surface area contributed by atoms with E-state index >= 15 is 0 Å². The second-order valence-corrected chi connectivity index (χ2v) is 9.05. The number of quaternary nitrogens is 1. The molecular weight excluding hydrogens is 372 g/mol. The van der Waals surface area contributed by atoms with Crippen molar-refractivity contribution in [1.29, 1.82) is 0 Å². The summed E-state index contributed by atoms with van der Waals surface area (Å²) in [6, 6.07) is 0. The molecule has 4 heteroatoms. The van der Waals surface area contributed by atoms with E-state index in [2.05, 4.69) is 13.8 Å². The lowest BCUT2D eigenvalue weighted by Crippen LogP contribution is -2.77. The van der Waals surface area contributed by atoms with Gasteiger partial charge in [-0.05, 0) is 19.3 Å². The molecule has 0 unspecified atom stereocenters. The number of hydrogen-bond donors (Lipinski definition) is 2. The van der Waals surface area contributed by atoms with E-state index in [9.17, 15) is 5.21 Å². The first-order valence-corrected chi connectivity index (χ1v) is 13.5. The van der Waals surface area contributed by atoms with Gasteiger partial charge < -0.3 is 15.9 Å². The lowest BCUT2D eigenvalue weighted by molar-refractivity contribution is -0.589. The molecular formula is C26H58N2O2. The van der Waals surface area contributed by atoms with Crippen LogP contribution in [0.15, 0.2) is 0 Å². The average Bonchev–Trinajstić information content (AvgIpc) is 2.74. The van der Waals surface area contributed by atoms with Crippen LogP contribution >= 0.6 is 0 Å². The van der Waals surface area contributed by atoms with Crippen molar-refractivity contribution in [2.45, 2.75) is 149 Å². The van der Waals surface area contributed by atoms with Crippen molar-refractivity contribution in [3.8, 4) is 0 Å². The summed E-state index contributed by atoms with van der Waals surface area (Å²) in [6.07, 6.45) is 28.4. The molecule has 0 bridgehead atoms. The largest absolute Gasteiger partial charge is 0.636 e. The third kappa shape index (κ3) is 35.3. The molecule has 0 atom stereocenters. The summed E-state index contributed by atoms with van der Waals surface area (Å²) in [5.41, 5.74) is 1.03. The first kappa shape index (κ1) is 32.0. The SMILES string of the molecule is CCCCCCCCCCCCCN(C)O.CCCCCCCCCCCC[NH2+][O-]. The molecule has 0 saturated carbocycles. The molecule has 0 heterocycles. The highest BCUT2D eigenvalue weighted by atomic mass is 16.5. The smallest absolute Gasteiger partial charge is 0.0752 e. The zero-order valence-electron chi connectivity index (χ0n) is 21.1. The summed E-state index contributed by atoms with van der Waals surface area (Å²) in [4.78, 5) is 0. The molecule has 0 aromatic carbocycles. The van der Waals surface area contributed by atoms with Crippen LogP contribution in [-0.4, -0.2) is 30.4 Å². The predicted molar refractivity (Wildman–Crippen MR) is 133 cm³/mol. The zero-order chi connectivity index (χ0) is 22.5. The van der Waals surface area contributed by atoms with Gasteiger partial charge in [0.05, 0.1) is 6.54 Å². The van der Waals surface area contributed by atoms with E-state index in [1.165, 1.54) is 127 Å². The molecule has 0 aliphatic rings. The lowest BCUT2D eigenvalue weighted by Gasteiger charge is -2.07. The van der Waals surface area contributed by atoms with Crippen LogP contribution in [0.2, 0.25) is 0 Å². The Morgan fingerprint density at radius 1 is 0.533 bits per heavy atom. The van der Waals surface area contributed by atoms with Crippen LogP contribution in [0, 0.1) is 5.21 Å². The molecule has 3 N–H and O–H groups in total. The number of unbranched alkanes of at least 4 members (excludes halogenated alkanes) is 19. The first-order chi connectivity index (χ1) is 14.7. The Morgan fingerprint density at radius 3 is 1.13 bits per heavy atom. The predicted octanol–water partition coefficient (Wildman–Crippen LogP) is 7.59. The van der Waals surface area contributed by atoms with Gasteiger partial charge in [-0.2, -0.15) is 5.06 Å². The molecule has 4 nitrogen and oxygen atoms in total. The average molecular weight is 431 g/mol. The van der Waals surface area contributed by atoms with E-state index < -0.39 is 0 Å². The van der Waals surface area contributed by atoms with Crippen molar-refractivity contribution >= 4 is 0 Å². The highest BCUT2D eigenvalue weighted by molar-refractivity contribution is 4.49. The first-order valence-electron chi connectivity index (χ1n) is 13.5. The molecule has 0 aliphatic carbocycles. The molecule has 0 saturated heterocycles. The minimum absolute atomic E-state index is 0.760. The second-order valence-electron chi connectivity index (χ2n) is 9.05. The van der Waals surface area contributed by atoms with Crippen molar-refractivity contribution in [1.82, 2.24) is 5.06 Å². The van der Waals surface area contributed by atoms with Crippen LogP contribution in [0.4, 0.5) is 0 Å². The number of hydroxylamine groups is 3. The Hall–Kier alpha value is -0.160. The summed E-state index contributed by atoms with van der Waals surface area (Å²) < 4.78 is 0. The lowest BCUT2D eigenvalue weighted by atomic mass is 10.1. The maximum Gasteiger partial charge on any atom is 0.0752 e. The minimum atomic E-state index is 0.760. The Labute approximate surface area is 190 Å². The third-order valence-corrected chi connectivity index (χ3v) is 5.76. The molecule has 30 heavy (non-hydrogen) atoms. The van der Waals surface area contributed by atoms with Crippen molar-refractivity contribution in [2.75, 3.05) is 20.1 Å². The van der Waals surface area contributed by atoms with Crippen molar-refractivity contribution in [3.63, 3.8) is 0 Å². The number of nitrogens with zero attached hydrogens (tertiary/aromatic N) is 1. The maximum atomic E-state index is 10.0. The number of rotatable bonds is 23. The third-order valence-electron chi connectivity index (χ3n) is 5.76. The Morgan fingerprint density at radius 2 is 0.833 bits per heavy atom. The van der Waals surface area contributed by atoms with E-state index in [4.69, 9.17) is 5.21 Å². The summed E-state index contributed by atoms with van der Waals surface area (Å²) in [5, 5.41) is 20.3. The highest BCUT2D eigenvalue weighted by Gasteiger charge is 1.94. The summed E-state index contributed by atoms with van der Waals surface area (Å²) in [7, 11) is 1.72. The van der Waals surface area contributed by atoms with Crippen molar-refractivity contribution in [2.24, 2.45) is 0 Å². The van der Waals surface area contributed by atoms with Gasteiger partial charge in [-0.15, -0.1) is 0 Å². The quantitative estimate of drug-likeness (QED) is 0.130. The van der Waals surface area contributed by atoms with Gasteiger partial charge in [0.25, 0.3) is 0 Å². The van der Waals surface area contributed by atoms with Crippen LogP contribution in [0.25, 0.3) is 0 Å². The van der Waals surface area contributed by atoms with E-state index in [0.29, 0.717) is 0 Å². The van der Waals surface area contributed by atoms with Gasteiger partial charge in [-0.1, -0.05) is 129 Å². The fourth-order valence-electron chi connectivity index (χ4n) is 3.72. The van der Waals surface area contributed by atoms with Crippen molar-refractivity contribution < 1.29 is 10.7 Å². The molecule has 0 amide bonds. The number of nitrogens with two attached hydrogens (primary N) is 1. The van der Waals surface area contributed by atoms with Crippen molar-refractivity contribution in [3.05, 3.63) is 5.21 Å². The van der Waals surface area contributed by atoms with Gasteiger partial charge in [0, 0.05) is 13.6 Å². The van der Waals surface area contributed by atoms with Gasteiger partial charge >= 0.3 is 0 Å². The summed E-state index contributed by atoms with van der Waals surface area (Å²) in [6.45, 7) is 6.10. The van der Waals surface area contributed by atoms with Gasteiger partial charge in [0.2, 0.25) is 0 Å². The van der Waals surface area contributed by atoms with E-state index in [0.717, 1.165) is 31.4 Å². The standard InChI is InChI=1S/C14H31NO.C12H27NO/c1-3-4-5-6-7-8-9-10-11-12-13-14-15(2)16;1-2-3-4-5-6-7-8-9-10-11-12-13-14/h16H,3-14H2,1-2H3;2-13H2,1H3. The normalized spacial score (nSPS) is 11.0. The molecule has 0 aliphatic heterocycles. The molecule has 184 valence electrons. The molecule has 0 spiro atoms. The molecule has 0 fully saturated rings. The van der Waals surface area contributed by atoms with Crippen LogP contribution in [-0.2, 0) is 0 Å². The number of hydrogen-bond acceptors (Lipinski definition) is 3. The molecule has 0 aromatic rings. The Balaban J connectivity index is 0. The van der Waals surface area contributed by atoms with Gasteiger partial charge in [0.15, 0.2) is 0 Å². The monoisotopic (exact) mass is 430 g/mol. The fourth-order valence-corrected chi connectivity index (χ4v) is 3.72. The van der Waals surface area contributed by atoms with Crippen LogP contribution in [0.3, 0.4) is 0 Å². The molecule has 0 radical (unpaired) electrons. The van der Waals surface area contributed by atoms with Crippen LogP contribution in [0.5, 0.6) is 0 Å². The van der Waals surface area contributed by atoms with Crippen LogP contribution < -0.4 is 5.48 Å². The maximum absolute atomic E-state index is 10.0. The second kappa shape index (κ2) is 31.0. The topological polar surface area (TPSA) is 63.1 Å². The summed E-state index contributed by atoms with van der Waals surface area (Å²) >= 11 is 0. The molecule has 0 rings (SSSR count). The molecule has 0 aromatic heterocycles. The van der Waals surface area contributed by atoms with E-state index in [1.807, 2.05) is 0 Å². The fraction of sp³-hybridized carbons (Fsp3) is 1.00. The minimum Gasteiger partial charge on any atom is -0.636 e. The van der Waals surface area contributed by atoms with Gasteiger partial charge in [-0.25, -0.2) is 0 Å². The van der Waals surface area contributed by atoms with E-state index in [-0.39, 0.29) is 0 Å². The Kier molecular flexibility index (Phi) is 33.1. The summed E-state index contributed by atoms with van der Waals surface area (Å²) in [5.74, 6) is 0. The van der Waals surface area contributed by atoms with Gasteiger partial charge in [-0.3, -0.25) is 0 Å². The Bertz CT molecular complexity index is 264. The van der Waals surface area contributed by atoms with Crippen LogP contribution in [0.1, 0.15) is 149 Å². The van der Waals surface area contributed by atoms with E-state index in [1.54, 1.807) is 7.05 Å². The highest BCUT2D eigenvalue weighted by Crippen LogP contribution is 2.11. The zero-order valence-corrected chi connectivity index (χ0v) is 21.1.